The van der Waals surface area contributed by atoms with Crippen molar-refractivity contribution in [1.82, 2.24) is 10.6 Å². The molecule has 0 unspecified atom stereocenters. The Hall–Kier alpha value is -2.01. The number of carbonyl (C=O) groups excluding carboxylic acids is 3. The van der Waals surface area contributed by atoms with Gasteiger partial charge in [0.1, 0.15) is 31.0 Å². The molecule has 0 saturated heterocycles. The molecule has 0 saturated carbocycles. The van der Waals surface area contributed by atoms with Crippen molar-refractivity contribution in [2.75, 3.05) is 20.3 Å². The Morgan fingerprint density at radius 2 is 1.68 bits per heavy atom. The van der Waals surface area contributed by atoms with Crippen LogP contribution in [0.15, 0.2) is 12.2 Å². The highest BCUT2D eigenvalue weighted by molar-refractivity contribution is 5.89. The lowest BCUT2D eigenvalue weighted by molar-refractivity contribution is -0.150. The maximum Gasteiger partial charge on any atom is 0.305 e. The van der Waals surface area contributed by atoms with Gasteiger partial charge in [0.05, 0.1) is 6.54 Å². The first-order valence-corrected chi connectivity index (χ1v) is 10.3. The minimum Gasteiger partial charge on any atom is -0.464 e. The fourth-order valence-corrected chi connectivity index (χ4v) is 2.41. The van der Waals surface area contributed by atoms with Gasteiger partial charge in [-0.3, -0.25) is 14.4 Å². The number of hydrogen-bond donors (Lipinski definition) is 5. The monoisotopic (exact) mass is 446 g/mol. The highest BCUT2D eigenvalue weighted by atomic mass is 16.5. The van der Waals surface area contributed by atoms with Crippen LogP contribution in [0, 0.1) is 5.41 Å². The minimum absolute atomic E-state index is 0.0107. The van der Waals surface area contributed by atoms with E-state index in [9.17, 15) is 29.7 Å². The molecular weight excluding hydrogens is 408 g/mol. The molecule has 0 aromatic heterocycles. The molecule has 5 N–H and O–H groups in total. The summed E-state index contributed by atoms with van der Waals surface area (Å²) in [6.45, 7) is 9.05. The summed E-state index contributed by atoms with van der Waals surface area (Å²) in [6.07, 6.45) is -2.39. The number of nitrogens with one attached hydrogen (secondary N) is 2. The predicted molar refractivity (Wildman–Crippen MR) is 114 cm³/mol. The Balaban J connectivity index is 4.70. The lowest BCUT2D eigenvalue weighted by Gasteiger charge is -2.28. The quantitative estimate of drug-likeness (QED) is 0.146. The van der Waals surface area contributed by atoms with E-state index in [0.717, 1.165) is 7.11 Å². The van der Waals surface area contributed by atoms with E-state index in [1.807, 2.05) is 27.7 Å². The summed E-state index contributed by atoms with van der Waals surface area (Å²) in [5.74, 6) is -1.72. The Morgan fingerprint density at radius 1 is 1.06 bits per heavy atom. The van der Waals surface area contributed by atoms with Gasteiger partial charge in [0.15, 0.2) is 6.10 Å². The molecule has 0 spiro atoms. The van der Waals surface area contributed by atoms with E-state index in [0.29, 0.717) is 12.8 Å². The second-order valence-electron chi connectivity index (χ2n) is 8.34. The average Bonchev–Trinajstić information content (AvgIpc) is 2.68. The first kappa shape index (κ1) is 29.0. The van der Waals surface area contributed by atoms with E-state index < -0.39 is 42.3 Å². The van der Waals surface area contributed by atoms with Crippen LogP contribution in [-0.4, -0.2) is 83.8 Å². The van der Waals surface area contributed by atoms with Crippen LogP contribution >= 0.6 is 0 Å². The predicted octanol–water partition coefficient (Wildman–Crippen LogP) is -0.349. The van der Waals surface area contributed by atoms with Crippen molar-refractivity contribution in [3.05, 3.63) is 12.2 Å². The Labute approximate surface area is 184 Å². The van der Waals surface area contributed by atoms with Gasteiger partial charge >= 0.3 is 5.97 Å². The van der Waals surface area contributed by atoms with E-state index in [1.165, 1.54) is 13.0 Å². The summed E-state index contributed by atoms with van der Waals surface area (Å²) in [7, 11) is 1.16. The van der Waals surface area contributed by atoms with Crippen molar-refractivity contribution in [2.45, 2.75) is 77.9 Å². The molecule has 0 fully saturated rings. The molecule has 0 aromatic rings. The molecule has 0 bridgehead atoms. The number of methoxy groups -OCH3 is 1. The lowest BCUT2D eigenvalue weighted by Crippen LogP contribution is -2.55. The number of aliphatic hydroxyl groups is 3. The number of amides is 2. The maximum atomic E-state index is 12.4. The minimum atomic E-state index is -1.74. The van der Waals surface area contributed by atoms with Gasteiger partial charge in [-0.1, -0.05) is 39.8 Å². The summed E-state index contributed by atoms with van der Waals surface area (Å²) in [6, 6.07) is -0.980. The summed E-state index contributed by atoms with van der Waals surface area (Å²) in [5.41, 5.74) is -0.249. The smallest absolute Gasteiger partial charge is 0.305 e. The number of esters is 1. The van der Waals surface area contributed by atoms with E-state index in [-0.39, 0.29) is 24.5 Å². The zero-order valence-corrected chi connectivity index (χ0v) is 19.3. The van der Waals surface area contributed by atoms with Crippen LogP contribution in [0.5, 0.6) is 0 Å². The van der Waals surface area contributed by atoms with Crippen molar-refractivity contribution < 1.29 is 39.2 Å². The summed E-state index contributed by atoms with van der Waals surface area (Å²) >= 11 is 0. The standard InChI is InChI=1S/C21H38N2O8/c1-7-8-15(25)31-12-11-22-19(28)13(2)23-20(29)18(30-6)17(27)16(26)14(24)9-10-21(3,4)5/h9-10,13-14,16-18,24,26-27H,7-8,11-12H2,1-6H3,(H,22,28)(H,23,29)/b10-9+/t13-,14+,16-,17+,18+/m0/s1. The first-order chi connectivity index (χ1) is 14.3. The molecule has 0 heterocycles. The van der Waals surface area contributed by atoms with E-state index in [1.54, 1.807) is 6.08 Å². The van der Waals surface area contributed by atoms with Crippen LogP contribution in [0.2, 0.25) is 0 Å². The van der Waals surface area contributed by atoms with Crippen molar-refractivity contribution in [1.29, 1.82) is 0 Å². The third kappa shape index (κ3) is 11.8. The normalized spacial score (nSPS) is 16.8. The van der Waals surface area contributed by atoms with Crippen LogP contribution in [0.1, 0.15) is 47.5 Å². The molecule has 10 nitrogen and oxygen atoms in total. The number of carbonyl (C=O) groups is 3. The van der Waals surface area contributed by atoms with Gasteiger partial charge in [-0.15, -0.1) is 0 Å². The topological polar surface area (TPSA) is 154 Å². The molecule has 0 radical (unpaired) electrons. The Morgan fingerprint density at radius 3 is 2.19 bits per heavy atom. The zero-order valence-electron chi connectivity index (χ0n) is 19.3. The molecule has 10 heteroatoms. The third-order valence-electron chi connectivity index (χ3n) is 4.19. The van der Waals surface area contributed by atoms with Crippen molar-refractivity contribution in [2.24, 2.45) is 5.41 Å². The Kier molecular flexibility index (Phi) is 13.2. The zero-order chi connectivity index (χ0) is 24.2. The lowest BCUT2D eigenvalue weighted by atomic mass is 9.94. The van der Waals surface area contributed by atoms with E-state index in [4.69, 9.17) is 9.47 Å². The van der Waals surface area contributed by atoms with Gasteiger partial charge < -0.3 is 35.4 Å². The second kappa shape index (κ2) is 14.1. The highest BCUT2D eigenvalue weighted by Gasteiger charge is 2.36. The third-order valence-corrected chi connectivity index (χ3v) is 4.19. The average molecular weight is 447 g/mol. The van der Waals surface area contributed by atoms with Crippen molar-refractivity contribution in [3.8, 4) is 0 Å². The van der Waals surface area contributed by atoms with Crippen LogP contribution in [0.3, 0.4) is 0 Å². The molecule has 0 aliphatic carbocycles. The van der Waals surface area contributed by atoms with Crippen LogP contribution in [0.25, 0.3) is 0 Å². The molecule has 31 heavy (non-hydrogen) atoms. The van der Waals surface area contributed by atoms with Gasteiger partial charge in [0.2, 0.25) is 5.91 Å². The number of rotatable bonds is 13. The van der Waals surface area contributed by atoms with Crippen LogP contribution < -0.4 is 10.6 Å². The summed E-state index contributed by atoms with van der Waals surface area (Å²) in [5, 5.41) is 35.4. The molecule has 0 rings (SSSR count). The molecule has 0 aliphatic rings. The largest absolute Gasteiger partial charge is 0.464 e. The van der Waals surface area contributed by atoms with E-state index >= 15 is 0 Å². The Bertz CT molecular complexity index is 603. The maximum absolute atomic E-state index is 12.4. The molecule has 180 valence electrons. The second-order valence-corrected chi connectivity index (χ2v) is 8.34. The van der Waals surface area contributed by atoms with Crippen molar-refractivity contribution >= 4 is 17.8 Å². The van der Waals surface area contributed by atoms with Crippen LogP contribution in [-0.2, 0) is 23.9 Å². The number of allylic oxidation sites excluding steroid dienone is 1. The summed E-state index contributed by atoms with van der Waals surface area (Å²) in [4.78, 5) is 35.8. The first-order valence-electron chi connectivity index (χ1n) is 10.3. The number of aliphatic hydroxyl groups excluding tert-OH is 3. The van der Waals surface area contributed by atoms with Crippen LogP contribution in [0.4, 0.5) is 0 Å². The number of hydrogen-bond acceptors (Lipinski definition) is 8. The number of ether oxygens (including phenoxy) is 2. The molecule has 0 aliphatic heterocycles. The van der Waals surface area contributed by atoms with Gasteiger partial charge in [0.25, 0.3) is 5.91 Å². The summed E-state index contributed by atoms with van der Waals surface area (Å²) < 4.78 is 9.89. The fraction of sp³-hybridized carbons (Fsp3) is 0.762. The molecular formula is C21H38N2O8. The molecule has 0 aromatic carbocycles. The highest BCUT2D eigenvalue weighted by Crippen LogP contribution is 2.17. The van der Waals surface area contributed by atoms with Gasteiger partial charge in [-0.2, -0.15) is 0 Å². The fourth-order valence-electron chi connectivity index (χ4n) is 2.41. The molecule has 5 atom stereocenters. The molecule has 2 amide bonds. The SMILES string of the molecule is CCCC(=O)OCCNC(=O)[C@H](C)NC(=O)[C@H](OC)[C@H](O)[C@@H](O)[C@H](O)/C=C/C(C)(C)C. The van der Waals surface area contributed by atoms with Gasteiger partial charge in [0, 0.05) is 13.5 Å². The van der Waals surface area contributed by atoms with Gasteiger partial charge in [-0.05, 0) is 18.8 Å². The van der Waals surface area contributed by atoms with Gasteiger partial charge in [-0.25, -0.2) is 0 Å². The van der Waals surface area contributed by atoms with E-state index in [2.05, 4.69) is 10.6 Å². The van der Waals surface area contributed by atoms with Crippen molar-refractivity contribution in [3.63, 3.8) is 0 Å².